The molecule has 2 aliphatic carbocycles. The van der Waals surface area contributed by atoms with Gasteiger partial charge in [0.2, 0.25) is 0 Å². The van der Waals surface area contributed by atoms with Crippen LogP contribution in [0.3, 0.4) is 0 Å². The first-order chi connectivity index (χ1) is 25.8. The number of fused-ring (bicyclic) bond motifs is 11. The molecular formula is C49H37NO2. The highest BCUT2D eigenvalue weighted by molar-refractivity contribution is 5.87. The number of rotatable bonds is 3. The molecule has 3 heterocycles. The molecule has 3 aliphatic heterocycles. The maximum atomic E-state index is 7.18. The lowest BCUT2D eigenvalue weighted by atomic mass is 9.61. The van der Waals surface area contributed by atoms with Crippen molar-refractivity contribution in [1.82, 2.24) is 0 Å². The summed E-state index contributed by atoms with van der Waals surface area (Å²) in [6.45, 7) is 0. The molecular weight excluding hydrogens is 635 g/mol. The molecule has 6 aromatic carbocycles. The standard InChI is InChI=1S/C49H37NO2/c1-3-15-32(16-4-1)33-29-30-46-41(31-33)49(38-22-8-11-27-44(38)51-46)39-23-9-12-28-45(39)52-48-36(21-13-24-40(48)49)35-20-14-26-43-47(35)37-19-7-10-25-42(37)50(43)34-17-5-2-6-18-34/h1-9,11-17,19-24,26-31,34,37,42H,10,18,25H2. The van der Waals surface area contributed by atoms with Gasteiger partial charge in [0.15, 0.2) is 0 Å². The molecule has 0 saturated carbocycles. The first-order valence-corrected chi connectivity index (χ1v) is 18.6. The van der Waals surface area contributed by atoms with Crippen molar-refractivity contribution >= 4 is 5.69 Å². The van der Waals surface area contributed by atoms with E-state index < -0.39 is 5.41 Å². The van der Waals surface area contributed by atoms with Gasteiger partial charge in [-0.1, -0.05) is 140 Å². The number of allylic oxidation sites excluding steroid dienone is 3. The van der Waals surface area contributed by atoms with E-state index in [0.29, 0.717) is 18.0 Å². The van der Waals surface area contributed by atoms with Gasteiger partial charge in [-0.25, -0.2) is 0 Å². The summed E-state index contributed by atoms with van der Waals surface area (Å²) in [7, 11) is 0. The summed E-state index contributed by atoms with van der Waals surface area (Å²) in [4.78, 5) is 2.72. The molecule has 0 aromatic heterocycles. The fourth-order valence-corrected chi connectivity index (χ4v) is 9.87. The van der Waals surface area contributed by atoms with Crippen molar-refractivity contribution in [2.45, 2.75) is 42.7 Å². The third-order valence-corrected chi connectivity index (χ3v) is 12.0. The number of hydrogen-bond donors (Lipinski definition) is 0. The van der Waals surface area contributed by atoms with E-state index in [4.69, 9.17) is 9.47 Å². The molecule has 3 nitrogen and oxygen atoms in total. The molecule has 6 aromatic rings. The van der Waals surface area contributed by atoms with Crippen LogP contribution in [0, 0.1) is 0 Å². The van der Waals surface area contributed by atoms with E-state index in [-0.39, 0.29) is 0 Å². The smallest absolute Gasteiger partial charge is 0.140 e. The Labute approximate surface area is 304 Å². The van der Waals surface area contributed by atoms with Gasteiger partial charge in [0.25, 0.3) is 0 Å². The van der Waals surface area contributed by atoms with Gasteiger partial charge in [0.05, 0.1) is 11.5 Å². The SMILES string of the molecule is C1=CCC(N2c3cccc(-c4cccc5c4Oc4ccccc4C54c5ccccc5Oc5ccc(-c6ccccc6)cc54)c3C3C=CCCC32)C=C1. The molecule has 0 N–H and O–H groups in total. The average Bonchev–Trinajstić information content (AvgIpc) is 3.56. The molecule has 0 radical (unpaired) electrons. The lowest BCUT2D eigenvalue weighted by Crippen LogP contribution is -2.42. The van der Waals surface area contributed by atoms with Crippen molar-refractivity contribution in [2.75, 3.05) is 4.90 Å². The summed E-state index contributed by atoms with van der Waals surface area (Å²) in [5.74, 6) is 3.85. The largest absolute Gasteiger partial charge is 0.457 e. The van der Waals surface area contributed by atoms with Gasteiger partial charge < -0.3 is 14.4 Å². The molecule has 0 amide bonds. The number of para-hydroxylation sites is 3. The zero-order valence-corrected chi connectivity index (χ0v) is 28.8. The number of benzene rings is 6. The predicted octanol–water partition coefficient (Wildman–Crippen LogP) is 12.1. The maximum Gasteiger partial charge on any atom is 0.140 e. The monoisotopic (exact) mass is 671 g/mol. The van der Waals surface area contributed by atoms with Gasteiger partial charge in [0, 0.05) is 45.5 Å². The normalized spacial score (nSPS) is 22.7. The fourth-order valence-electron chi connectivity index (χ4n) is 9.87. The number of nitrogens with zero attached hydrogens (tertiary/aromatic N) is 1. The lowest BCUT2D eigenvalue weighted by molar-refractivity contribution is 0.400. The van der Waals surface area contributed by atoms with Crippen LogP contribution in [0.1, 0.15) is 53.0 Å². The Hall–Kier alpha value is -6.06. The minimum absolute atomic E-state index is 0.318. The van der Waals surface area contributed by atoms with Gasteiger partial charge in [-0.15, -0.1) is 0 Å². The van der Waals surface area contributed by atoms with Gasteiger partial charge >= 0.3 is 0 Å². The van der Waals surface area contributed by atoms with Crippen LogP contribution in [0.2, 0.25) is 0 Å². The molecule has 52 heavy (non-hydrogen) atoms. The van der Waals surface area contributed by atoms with E-state index in [9.17, 15) is 0 Å². The number of hydrogen-bond acceptors (Lipinski definition) is 3. The molecule has 0 saturated heterocycles. The van der Waals surface area contributed by atoms with E-state index in [1.807, 2.05) is 0 Å². The van der Waals surface area contributed by atoms with Crippen LogP contribution in [0.15, 0.2) is 170 Å². The molecule has 11 rings (SSSR count). The zero-order valence-electron chi connectivity index (χ0n) is 28.8. The molecule has 4 atom stereocenters. The Morgan fingerprint density at radius 2 is 1.29 bits per heavy atom. The Morgan fingerprint density at radius 3 is 2.12 bits per heavy atom. The molecule has 5 aliphatic rings. The first-order valence-electron chi connectivity index (χ1n) is 18.6. The van der Waals surface area contributed by atoms with Crippen molar-refractivity contribution < 1.29 is 9.47 Å². The summed E-state index contributed by atoms with van der Waals surface area (Å²) in [6.07, 6.45) is 17.3. The van der Waals surface area contributed by atoms with E-state index in [1.165, 1.54) is 22.4 Å². The van der Waals surface area contributed by atoms with Crippen LogP contribution in [0.25, 0.3) is 22.3 Å². The van der Waals surface area contributed by atoms with E-state index in [2.05, 4.69) is 175 Å². The van der Waals surface area contributed by atoms with Gasteiger partial charge in [-0.3, -0.25) is 0 Å². The van der Waals surface area contributed by atoms with Gasteiger partial charge in [-0.2, -0.15) is 0 Å². The topological polar surface area (TPSA) is 21.7 Å². The molecule has 250 valence electrons. The molecule has 1 spiro atoms. The second kappa shape index (κ2) is 11.5. The Kier molecular flexibility index (Phi) is 6.55. The quantitative estimate of drug-likeness (QED) is 0.175. The summed E-state index contributed by atoms with van der Waals surface area (Å²) < 4.78 is 13.9. The van der Waals surface area contributed by atoms with Crippen molar-refractivity contribution in [3.63, 3.8) is 0 Å². The van der Waals surface area contributed by atoms with Gasteiger partial charge in [0.1, 0.15) is 23.0 Å². The van der Waals surface area contributed by atoms with Crippen molar-refractivity contribution in [3.05, 3.63) is 198 Å². The van der Waals surface area contributed by atoms with E-state index in [1.54, 1.807) is 0 Å². The molecule has 0 bridgehead atoms. The van der Waals surface area contributed by atoms with E-state index in [0.717, 1.165) is 75.6 Å². The van der Waals surface area contributed by atoms with E-state index >= 15 is 0 Å². The highest BCUT2D eigenvalue weighted by atomic mass is 16.5. The second-order valence-electron chi connectivity index (χ2n) is 14.6. The highest BCUT2D eigenvalue weighted by Gasteiger charge is 2.51. The first kappa shape index (κ1) is 29.6. The van der Waals surface area contributed by atoms with Crippen LogP contribution in [0.5, 0.6) is 23.0 Å². The van der Waals surface area contributed by atoms with Crippen molar-refractivity contribution in [2.24, 2.45) is 0 Å². The third-order valence-electron chi connectivity index (χ3n) is 12.0. The third kappa shape index (κ3) is 4.14. The number of anilines is 1. The van der Waals surface area contributed by atoms with Crippen LogP contribution < -0.4 is 14.4 Å². The minimum atomic E-state index is -0.675. The molecule has 3 heteroatoms. The highest BCUT2D eigenvalue weighted by Crippen LogP contribution is 2.63. The van der Waals surface area contributed by atoms with Crippen LogP contribution in [-0.4, -0.2) is 12.1 Å². The Balaban J connectivity index is 1.19. The lowest BCUT2D eigenvalue weighted by Gasteiger charge is -2.45. The summed E-state index contributed by atoms with van der Waals surface area (Å²) in [5.41, 5.74) is 11.3. The van der Waals surface area contributed by atoms with Gasteiger partial charge in [-0.05, 0) is 71.8 Å². The van der Waals surface area contributed by atoms with Crippen molar-refractivity contribution in [1.29, 1.82) is 0 Å². The average molecular weight is 672 g/mol. The maximum absolute atomic E-state index is 7.18. The summed E-state index contributed by atoms with van der Waals surface area (Å²) in [6, 6.07) is 49.0. The molecule has 4 unspecified atom stereocenters. The van der Waals surface area contributed by atoms with Crippen LogP contribution in [0.4, 0.5) is 5.69 Å². The zero-order chi connectivity index (χ0) is 34.2. The minimum Gasteiger partial charge on any atom is -0.457 e. The Morgan fingerprint density at radius 1 is 0.558 bits per heavy atom. The Bertz CT molecular complexity index is 2480. The second-order valence-corrected chi connectivity index (χ2v) is 14.6. The van der Waals surface area contributed by atoms with Crippen molar-refractivity contribution in [3.8, 4) is 45.3 Å². The predicted molar refractivity (Wildman–Crippen MR) is 210 cm³/mol. The fraction of sp³-hybridized carbons (Fsp3) is 0.143. The van der Waals surface area contributed by atoms with Crippen LogP contribution >= 0.6 is 0 Å². The van der Waals surface area contributed by atoms with Crippen LogP contribution in [-0.2, 0) is 5.41 Å². The summed E-state index contributed by atoms with van der Waals surface area (Å²) in [5, 5.41) is 0. The molecule has 0 fully saturated rings. The summed E-state index contributed by atoms with van der Waals surface area (Å²) >= 11 is 0. The number of ether oxygens (including phenoxy) is 2.